The fourth-order valence-corrected chi connectivity index (χ4v) is 8.04. The van der Waals surface area contributed by atoms with E-state index in [-0.39, 0.29) is 0 Å². The number of hydrogen-bond donors (Lipinski definition) is 0. The summed E-state index contributed by atoms with van der Waals surface area (Å²) in [6.07, 6.45) is 12.6. The van der Waals surface area contributed by atoms with Crippen molar-refractivity contribution in [1.82, 2.24) is 0 Å². The predicted octanol–water partition coefficient (Wildman–Crippen LogP) is 6.39. The van der Waals surface area contributed by atoms with Crippen LogP contribution < -0.4 is 0 Å². The molecule has 1 heteroatoms. The SMILES string of the molecule is CCC1CCCC2(C)C1CCC1C3CC(F)CC3(C)CCC12. The molecule has 0 aromatic rings. The topological polar surface area (TPSA) is 0 Å². The summed E-state index contributed by atoms with van der Waals surface area (Å²) in [5.41, 5.74) is 0.917. The number of hydrogen-bond acceptors (Lipinski definition) is 0. The van der Waals surface area contributed by atoms with Gasteiger partial charge in [0, 0.05) is 0 Å². The number of halogens is 1. The summed E-state index contributed by atoms with van der Waals surface area (Å²) in [5, 5.41) is 0. The summed E-state index contributed by atoms with van der Waals surface area (Å²) < 4.78 is 14.2. The van der Waals surface area contributed by atoms with E-state index in [1.165, 1.54) is 51.4 Å². The summed E-state index contributed by atoms with van der Waals surface area (Å²) in [6.45, 7) is 7.46. The first-order chi connectivity index (χ1) is 10.5. The maximum absolute atomic E-state index is 14.2. The van der Waals surface area contributed by atoms with Crippen molar-refractivity contribution in [3.63, 3.8) is 0 Å². The van der Waals surface area contributed by atoms with Gasteiger partial charge in [-0.3, -0.25) is 0 Å². The molecule has 4 aliphatic carbocycles. The molecule has 0 radical (unpaired) electrons. The summed E-state index contributed by atoms with van der Waals surface area (Å²) in [4.78, 5) is 0. The molecule has 0 nitrogen and oxygen atoms in total. The summed E-state index contributed by atoms with van der Waals surface area (Å²) in [5.74, 6) is 4.39. The Morgan fingerprint density at radius 3 is 2.55 bits per heavy atom. The standard InChI is InChI=1S/C21H35F/c1-4-14-6-5-10-21(3)17(14)8-7-16-18(21)9-11-20(2)13-15(22)12-19(16)20/h14-19H,4-13H2,1-3H3. The van der Waals surface area contributed by atoms with Crippen LogP contribution in [0.2, 0.25) is 0 Å². The first kappa shape index (κ1) is 15.5. The van der Waals surface area contributed by atoms with Crippen LogP contribution in [-0.4, -0.2) is 6.17 Å². The highest BCUT2D eigenvalue weighted by atomic mass is 19.1. The molecule has 0 aromatic carbocycles. The lowest BCUT2D eigenvalue weighted by atomic mass is 9.44. The van der Waals surface area contributed by atoms with Gasteiger partial charge in [-0.1, -0.05) is 40.0 Å². The van der Waals surface area contributed by atoms with Crippen LogP contribution in [-0.2, 0) is 0 Å². The molecule has 4 aliphatic rings. The second kappa shape index (κ2) is 5.21. The van der Waals surface area contributed by atoms with Crippen molar-refractivity contribution in [2.24, 2.45) is 40.4 Å². The highest BCUT2D eigenvalue weighted by Crippen LogP contribution is 2.67. The quantitative estimate of drug-likeness (QED) is 0.526. The van der Waals surface area contributed by atoms with Crippen molar-refractivity contribution in [1.29, 1.82) is 0 Å². The van der Waals surface area contributed by atoms with Gasteiger partial charge in [-0.25, -0.2) is 4.39 Å². The molecule has 0 heterocycles. The fourth-order valence-electron chi connectivity index (χ4n) is 8.04. The number of rotatable bonds is 1. The van der Waals surface area contributed by atoms with Crippen LogP contribution in [0.1, 0.15) is 85.0 Å². The van der Waals surface area contributed by atoms with Gasteiger partial charge in [-0.2, -0.15) is 0 Å². The Morgan fingerprint density at radius 2 is 1.77 bits per heavy atom. The van der Waals surface area contributed by atoms with Gasteiger partial charge < -0.3 is 0 Å². The monoisotopic (exact) mass is 306 g/mol. The second-order valence-corrected chi connectivity index (χ2v) is 9.86. The molecule has 0 saturated heterocycles. The summed E-state index contributed by atoms with van der Waals surface area (Å²) in [7, 11) is 0. The van der Waals surface area contributed by atoms with E-state index in [1.54, 1.807) is 0 Å². The van der Waals surface area contributed by atoms with Crippen molar-refractivity contribution in [3.05, 3.63) is 0 Å². The number of alkyl halides is 1. The van der Waals surface area contributed by atoms with E-state index in [0.29, 0.717) is 16.7 Å². The molecule has 8 unspecified atom stereocenters. The Kier molecular flexibility index (Phi) is 3.66. The van der Waals surface area contributed by atoms with E-state index in [2.05, 4.69) is 20.8 Å². The van der Waals surface area contributed by atoms with E-state index in [0.717, 1.165) is 36.5 Å². The maximum atomic E-state index is 14.2. The van der Waals surface area contributed by atoms with E-state index in [9.17, 15) is 4.39 Å². The first-order valence-corrected chi connectivity index (χ1v) is 10.1. The zero-order valence-corrected chi connectivity index (χ0v) is 14.9. The zero-order chi connectivity index (χ0) is 15.5. The molecule has 0 amide bonds. The van der Waals surface area contributed by atoms with Gasteiger partial charge in [0.25, 0.3) is 0 Å². The summed E-state index contributed by atoms with van der Waals surface area (Å²) in [6, 6.07) is 0. The third kappa shape index (κ3) is 2.06. The van der Waals surface area contributed by atoms with Crippen LogP contribution >= 0.6 is 0 Å². The van der Waals surface area contributed by atoms with E-state index in [4.69, 9.17) is 0 Å². The van der Waals surface area contributed by atoms with Crippen molar-refractivity contribution in [2.45, 2.75) is 91.2 Å². The Hall–Kier alpha value is -0.0700. The zero-order valence-electron chi connectivity index (χ0n) is 14.9. The molecular weight excluding hydrogens is 271 g/mol. The molecule has 0 N–H and O–H groups in total. The third-order valence-corrected chi connectivity index (χ3v) is 9.04. The average Bonchev–Trinajstić information content (AvgIpc) is 2.80. The van der Waals surface area contributed by atoms with Gasteiger partial charge in [-0.05, 0) is 85.4 Å². The van der Waals surface area contributed by atoms with E-state index >= 15 is 0 Å². The van der Waals surface area contributed by atoms with Crippen molar-refractivity contribution in [3.8, 4) is 0 Å². The van der Waals surface area contributed by atoms with E-state index < -0.39 is 6.17 Å². The minimum absolute atomic E-state index is 0.336. The second-order valence-electron chi connectivity index (χ2n) is 9.86. The average molecular weight is 307 g/mol. The molecule has 0 bridgehead atoms. The lowest BCUT2D eigenvalue weighted by molar-refractivity contribution is -0.121. The molecule has 4 fully saturated rings. The summed E-state index contributed by atoms with van der Waals surface area (Å²) >= 11 is 0. The highest BCUT2D eigenvalue weighted by molar-refractivity contribution is 5.08. The molecule has 0 spiro atoms. The number of fused-ring (bicyclic) bond motifs is 5. The van der Waals surface area contributed by atoms with Gasteiger partial charge in [0.05, 0.1) is 0 Å². The molecule has 4 saturated carbocycles. The van der Waals surface area contributed by atoms with Crippen molar-refractivity contribution < 1.29 is 4.39 Å². The largest absolute Gasteiger partial charge is 0.247 e. The Bertz CT molecular complexity index is 432. The maximum Gasteiger partial charge on any atom is 0.101 e. The van der Waals surface area contributed by atoms with Crippen LogP contribution in [0.3, 0.4) is 0 Å². The van der Waals surface area contributed by atoms with Crippen LogP contribution in [0.15, 0.2) is 0 Å². The molecule has 0 aliphatic heterocycles. The van der Waals surface area contributed by atoms with Gasteiger partial charge in [0.2, 0.25) is 0 Å². The normalized spacial score (nSPS) is 57.8. The molecule has 8 atom stereocenters. The third-order valence-electron chi connectivity index (χ3n) is 9.04. The molecule has 126 valence electrons. The first-order valence-electron chi connectivity index (χ1n) is 10.1. The lowest BCUT2D eigenvalue weighted by Crippen LogP contribution is -2.53. The van der Waals surface area contributed by atoms with Crippen LogP contribution in [0.5, 0.6) is 0 Å². The van der Waals surface area contributed by atoms with Gasteiger partial charge >= 0.3 is 0 Å². The van der Waals surface area contributed by atoms with Crippen LogP contribution in [0.4, 0.5) is 4.39 Å². The molecule has 4 rings (SSSR count). The van der Waals surface area contributed by atoms with Crippen molar-refractivity contribution >= 4 is 0 Å². The molecular formula is C21H35F. The predicted molar refractivity (Wildman–Crippen MR) is 90.4 cm³/mol. The minimum atomic E-state index is -0.506. The Balaban J connectivity index is 1.63. The van der Waals surface area contributed by atoms with Gasteiger partial charge in [0.15, 0.2) is 0 Å². The smallest absolute Gasteiger partial charge is 0.101 e. The van der Waals surface area contributed by atoms with Gasteiger partial charge in [-0.15, -0.1) is 0 Å². The fraction of sp³-hybridized carbons (Fsp3) is 1.00. The van der Waals surface area contributed by atoms with Gasteiger partial charge in [0.1, 0.15) is 6.17 Å². The Labute approximate surface area is 136 Å². The highest BCUT2D eigenvalue weighted by Gasteiger charge is 2.59. The van der Waals surface area contributed by atoms with Crippen LogP contribution in [0, 0.1) is 40.4 Å². The molecule has 22 heavy (non-hydrogen) atoms. The Morgan fingerprint density at radius 1 is 0.955 bits per heavy atom. The van der Waals surface area contributed by atoms with Crippen LogP contribution in [0.25, 0.3) is 0 Å². The molecule has 0 aromatic heterocycles. The minimum Gasteiger partial charge on any atom is -0.247 e. The lowest BCUT2D eigenvalue weighted by Gasteiger charge is -2.61. The van der Waals surface area contributed by atoms with Crippen molar-refractivity contribution in [2.75, 3.05) is 0 Å². The van der Waals surface area contributed by atoms with E-state index in [1.807, 2.05) is 0 Å².